The molecule has 0 radical (unpaired) electrons. The number of nitrogens with one attached hydrogen (secondary N) is 1. The van der Waals surface area contributed by atoms with Crippen LogP contribution in [-0.2, 0) is 0 Å². The summed E-state index contributed by atoms with van der Waals surface area (Å²) >= 11 is 0. The van der Waals surface area contributed by atoms with Gasteiger partial charge in [0.1, 0.15) is 11.8 Å². The lowest BCUT2D eigenvalue weighted by Crippen LogP contribution is -2.17. The van der Waals surface area contributed by atoms with Gasteiger partial charge in [-0.15, -0.1) is 0 Å². The molecule has 3 aromatic rings. The summed E-state index contributed by atoms with van der Waals surface area (Å²) in [6.07, 6.45) is 8.54. The molecule has 0 bridgehead atoms. The minimum Gasteiger partial charge on any atom is -0.507 e. The first kappa shape index (κ1) is 20.4. The van der Waals surface area contributed by atoms with Gasteiger partial charge >= 0.3 is 0 Å². The summed E-state index contributed by atoms with van der Waals surface area (Å²) in [6.45, 7) is 0. The Kier molecular flexibility index (Phi) is 5.80. The summed E-state index contributed by atoms with van der Waals surface area (Å²) < 4.78 is 1.70. The van der Waals surface area contributed by atoms with Crippen LogP contribution in [0.25, 0.3) is 10.9 Å². The Balaban J connectivity index is 1.49. The first-order valence-electron chi connectivity index (χ1n) is 10.3. The molecule has 1 fully saturated rings. The maximum Gasteiger partial charge on any atom is 0.271 e. The fourth-order valence-electron chi connectivity index (χ4n) is 4.07. The van der Waals surface area contributed by atoms with Crippen LogP contribution >= 0.6 is 0 Å². The van der Waals surface area contributed by atoms with Crippen LogP contribution in [0.3, 0.4) is 0 Å². The van der Waals surface area contributed by atoms with Gasteiger partial charge in [0.2, 0.25) is 5.91 Å². The molecule has 0 spiro atoms. The topological polar surface area (TPSA) is 107 Å². The van der Waals surface area contributed by atoms with Crippen LogP contribution in [-0.4, -0.2) is 27.7 Å². The van der Waals surface area contributed by atoms with Crippen LogP contribution in [0, 0.1) is 17.2 Å². The zero-order valence-electron chi connectivity index (χ0n) is 16.9. The van der Waals surface area contributed by atoms with Crippen molar-refractivity contribution < 1.29 is 14.7 Å². The number of rotatable bonds is 5. The number of phenolic OH excluding ortho intramolecular Hbond substituents is 1. The number of aromatic hydroxyl groups is 1. The number of fused-ring (bicyclic) bond motifs is 1. The molecule has 0 saturated heterocycles. The number of hydrogen-bond donors (Lipinski definition) is 2. The minimum absolute atomic E-state index is 0.0185. The van der Waals surface area contributed by atoms with Crippen LogP contribution in [0.2, 0.25) is 0 Å². The van der Waals surface area contributed by atoms with Gasteiger partial charge in [0, 0.05) is 29.1 Å². The summed E-state index contributed by atoms with van der Waals surface area (Å²) in [5.74, 6) is -0.0956. The number of nitriles is 1. The van der Waals surface area contributed by atoms with Crippen LogP contribution in [0.1, 0.15) is 58.4 Å². The van der Waals surface area contributed by atoms with Gasteiger partial charge in [-0.2, -0.15) is 10.4 Å². The third-order valence-corrected chi connectivity index (χ3v) is 5.72. The van der Waals surface area contributed by atoms with E-state index in [0.29, 0.717) is 12.3 Å². The second kappa shape index (κ2) is 8.84. The first-order chi connectivity index (χ1) is 15.1. The number of carbonyl (C=O) groups is 2. The highest BCUT2D eigenvalue weighted by molar-refractivity contribution is 6.03. The molecule has 0 unspecified atom stereocenters. The van der Waals surface area contributed by atoms with Crippen LogP contribution in [0.5, 0.6) is 5.75 Å². The van der Waals surface area contributed by atoms with E-state index in [-0.39, 0.29) is 22.8 Å². The number of benzene rings is 2. The van der Waals surface area contributed by atoms with E-state index in [1.807, 2.05) is 30.3 Å². The minimum atomic E-state index is -0.496. The quantitative estimate of drug-likeness (QED) is 0.482. The van der Waals surface area contributed by atoms with Crippen molar-refractivity contribution in [1.82, 2.24) is 9.99 Å². The summed E-state index contributed by atoms with van der Waals surface area (Å²) in [4.78, 5) is 25.0. The number of phenols is 1. The fourth-order valence-corrected chi connectivity index (χ4v) is 4.07. The largest absolute Gasteiger partial charge is 0.507 e. The summed E-state index contributed by atoms with van der Waals surface area (Å²) in [7, 11) is 0. The lowest BCUT2D eigenvalue weighted by Gasteiger charge is -2.09. The lowest BCUT2D eigenvalue weighted by atomic mass is 10.0. The molecular formula is C24H22N4O3. The van der Waals surface area contributed by atoms with Gasteiger partial charge in [-0.05, 0) is 49.1 Å². The number of hydrogen-bond acceptors (Lipinski definition) is 5. The van der Waals surface area contributed by atoms with E-state index in [1.54, 1.807) is 10.8 Å². The summed E-state index contributed by atoms with van der Waals surface area (Å²) in [6, 6.07) is 13.3. The molecule has 4 rings (SSSR count). The first-order valence-corrected chi connectivity index (χ1v) is 10.3. The van der Waals surface area contributed by atoms with Crippen molar-refractivity contribution in [1.29, 1.82) is 5.26 Å². The molecule has 1 saturated carbocycles. The highest BCUT2D eigenvalue weighted by atomic mass is 16.3. The van der Waals surface area contributed by atoms with Crippen LogP contribution < -0.4 is 5.43 Å². The van der Waals surface area contributed by atoms with E-state index in [4.69, 9.17) is 5.26 Å². The molecule has 0 atom stereocenters. The predicted octanol–water partition coefficient (Wildman–Crippen LogP) is 4.20. The van der Waals surface area contributed by atoms with Crippen molar-refractivity contribution in [2.24, 2.45) is 11.0 Å². The van der Waals surface area contributed by atoms with Crippen molar-refractivity contribution in [2.75, 3.05) is 0 Å². The van der Waals surface area contributed by atoms with Gasteiger partial charge in [0.25, 0.3) is 5.91 Å². The van der Waals surface area contributed by atoms with E-state index in [1.165, 1.54) is 37.3 Å². The van der Waals surface area contributed by atoms with Crippen molar-refractivity contribution >= 4 is 28.9 Å². The molecule has 1 aliphatic carbocycles. The zero-order chi connectivity index (χ0) is 21.8. The molecular weight excluding hydrogens is 392 g/mol. The van der Waals surface area contributed by atoms with Gasteiger partial charge in [0.15, 0.2) is 0 Å². The van der Waals surface area contributed by atoms with Gasteiger partial charge in [-0.25, -0.2) is 5.43 Å². The molecule has 1 heterocycles. The number of aromatic nitrogens is 1. The molecule has 1 aromatic heterocycles. The van der Waals surface area contributed by atoms with Gasteiger partial charge in [-0.1, -0.05) is 25.0 Å². The van der Waals surface area contributed by atoms with Gasteiger partial charge in [-0.3, -0.25) is 14.2 Å². The average Bonchev–Trinajstić information content (AvgIpc) is 3.44. The summed E-state index contributed by atoms with van der Waals surface area (Å²) in [5, 5.41) is 23.4. The maximum atomic E-state index is 12.8. The van der Waals surface area contributed by atoms with Gasteiger partial charge in [0.05, 0.1) is 17.3 Å². The van der Waals surface area contributed by atoms with E-state index in [9.17, 15) is 14.7 Å². The molecule has 156 valence electrons. The number of hydrazone groups is 1. The van der Waals surface area contributed by atoms with Crippen molar-refractivity contribution in [3.05, 3.63) is 65.4 Å². The third-order valence-electron chi connectivity index (χ3n) is 5.72. The molecule has 1 aliphatic rings. The molecule has 2 aromatic carbocycles. The van der Waals surface area contributed by atoms with Gasteiger partial charge < -0.3 is 5.11 Å². The van der Waals surface area contributed by atoms with Crippen LogP contribution in [0.4, 0.5) is 0 Å². The second-order valence-electron chi connectivity index (χ2n) is 7.76. The molecule has 7 heteroatoms. The standard InChI is InChI=1S/C24H22N4O3/c25-14-19-13-17(8-9-22(19)29)24(31)27-26-15-18-6-3-7-21-20(18)10-11-28(21)23(30)12-16-4-1-2-5-16/h3,6-11,13,15-16,29H,1-2,4-5,12H2,(H,27,31)/b26-15+. The summed E-state index contributed by atoms with van der Waals surface area (Å²) in [5.41, 5.74) is 4.25. The number of amides is 1. The predicted molar refractivity (Wildman–Crippen MR) is 117 cm³/mol. The van der Waals surface area contributed by atoms with E-state index in [0.717, 1.165) is 29.3 Å². The molecule has 1 amide bonds. The van der Waals surface area contributed by atoms with E-state index in [2.05, 4.69) is 10.5 Å². The number of nitrogens with zero attached hydrogens (tertiary/aromatic N) is 3. The maximum absolute atomic E-state index is 12.8. The molecule has 7 nitrogen and oxygen atoms in total. The molecule has 0 aliphatic heterocycles. The SMILES string of the molecule is N#Cc1cc(C(=O)N/N=C/c2cccc3c2ccn3C(=O)CC2CCCC2)ccc1O. The molecule has 2 N–H and O–H groups in total. The second-order valence-corrected chi connectivity index (χ2v) is 7.76. The average molecular weight is 414 g/mol. The van der Waals surface area contributed by atoms with Crippen molar-refractivity contribution in [2.45, 2.75) is 32.1 Å². The Hall–Kier alpha value is -3.92. The zero-order valence-corrected chi connectivity index (χ0v) is 16.9. The smallest absolute Gasteiger partial charge is 0.271 e. The van der Waals surface area contributed by atoms with E-state index >= 15 is 0 Å². The third kappa shape index (κ3) is 4.33. The highest BCUT2D eigenvalue weighted by Crippen LogP contribution is 2.29. The monoisotopic (exact) mass is 414 g/mol. The van der Waals surface area contributed by atoms with E-state index < -0.39 is 5.91 Å². The Morgan fingerprint density at radius 2 is 2.03 bits per heavy atom. The Bertz CT molecular complexity index is 1210. The normalized spacial score (nSPS) is 14.2. The van der Waals surface area contributed by atoms with Crippen molar-refractivity contribution in [3.8, 4) is 11.8 Å². The Labute approximate surface area is 179 Å². The van der Waals surface area contributed by atoms with Crippen LogP contribution in [0.15, 0.2) is 53.8 Å². The fraction of sp³-hybridized carbons (Fsp3) is 0.250. The van der Waals surface area contributed by atoms with Crippen molar-refractivity contribution in [3.63, 3.8) is 0 Å². The Morgan fingerprint density at radius 3 is 2.81 bits per heavy atom. The highest BCUT2D eigenvalue weighted by Gasteiger charge is 2.20. The number of carbonyl (C=O) groups excluding carboxylic acids is 2. The molecule has 31 heavy (non-hydrogen) atoms. The lowest BCUT2D eigenvalue weighted by molar-refractivity contribution is 0.0885. The Morgan fingerprint density at radius 1 is 1.23 bits per heavy atom.